The molecule has 0 saturated carbocycles. The molecule has 7 heteroatoms. The molecule has 7 nitrogen and oxygen atoms in total. The van der Waals surface area contributed by atoms with E-state index in [0.717, 1.165) is 22.7 Å². The van der Waals surface area contributed by atoms with Gasteiger partial charge in [-0.1, -0.05) is 12.6 Å². The first kappa shape index (κ1) is 18.4. The minimum atomic E-state index is 0.117. The Bertz CT molecular complexity index is 974. The van der Waals surface area contributed by atoms with Gasteiger partial charge in [0.2, 0.25) is 0 Å². The summed E-state index contributed by atoms with van der Waals surface area (Å²) in [6.07, 6.45) is 7.18. The Morgan fingerprint density at radius 3 is 2.89 bits per heavy atom. The smallest absolute Gasteiger partial charge is 0.180 e. The first-order chi connectivity index (χ1) is 12.9. The second kappa shape index (κ2) is 7.90. The fourth-order valence-corrected chi connectivity index (χ4v) is 2.55. The summed E-state index contributed by atoms with van der Waals surface area (Å²) < 4.78 is 7.69. The summed E-state index contributed by atoms with van der Waals surface area (Å²) in [5.74, 6) is 1.46. The Morgan fingerprint density at radius 1 is 1.33 bits per heavy atom. The summed E-state index contributed by atoms with van der Waals surface area (Å²) in [7, 11) is 3.72. The van der Waals surface area contributed by atoms with E-state index >= 15 is 0 Å². The van der Waals surface area contributed by atoms with Gasteiger partial charge in [0.1, 0.15) is 5.75 Å². The van der Waals surface area contributed by atoms with E-state index in [2.05, 4.69) is 27.0 Å². The van der Waals surface area contributed by atoms with E-state index < -0.39 is 0 Å². The van der Waals surface area contributed by atoms with Crippen LogP contribution in [-0.2, 0) is 0 Å². The fourth-order valence-electron chi connectivity index (χ4n) is 2.55. The van der Waals surface area contributed by atoms with Crippen LogP contribution in [0, 0.1) is 0 Å². The number of hydrogen-bond acceptors (Lipinski definition) is 6. The molecule has 0 amide bonds. The molecule has 3 aromatic rings. The summed E-state index contributed by atoms with van der Waals surface area (Å²) in [5, 5.41) is 9.27. The van der Waals surface area contributed by atoms with Gasteiger partial charge >= 0.3 is 0 Å². The highest BCUT2D eigenvalue weighted by molar-refractivity contribution is 6.08. The fraction of sp³-hybridized carbons (Fsp3) is 0.250. The molecule has 0 atom stereocenters. The molecule has 2 heterocycles. The zero-order valence-corrected chi connectivity index (χ0v) is 16.0. The van der Waals surface area contributed by atoms with Crippen molar-refractivity contribution >= 4 is 28.9 Å². The van der Waals surface area contributed by atoms with Crippen LogP contribution in [0.1, 0.15) is 19.5 Å². The third-order valence-corrected chi connectivity index (χ3v) is 3.67. The van der Waals surface area contributed by atoms with E-state index in [9.17, 15) is 0 Å². The Hall–Kier alpha value is -3.35. The maximum Gasteiger partial charge on any atom is 0.180 e. The van der Waals surface area contributed by atoms with Gasteiger partial charge in [0.05, 0.1) is 24.2 Å². The molecule has 0 aliphatic heterocycles. The van der Waals surface area contributed by atoms with Crippen LogP contribution in [-0.4, -0.2) is 45.8 Å². The lowest BCUT2D eigenvalue weighted by atomic mass is 10.2. The van der Waals surface area contributed by atoms with Crippen LogP contribution in [0.15, 0.2) is 54.5 Å². The number of benzene rings is 1. The minimum absolute atomic E-state index is 0.117. The molecule has 3 rings (SSSR count). The monoisotopic (exact) mass is 364 g/mol. The number of nitrogens with zero attached hydrogens (tertiary/aromatic N) is 5. The molecule has 0 radical (unpaired) electrons. The maximum absolute atomic E-state index is 5.75. The number of imidazole rings is 1. The maximum atomic E-state index is 5.75. The Balaban J connectivity index is 1.89. The summed E-state index contributed by atoms with van der Waals surface area (Å²) in [5.41, 5.74) is 3.21. The SMILES string of the molecule is C=C(/C=N\N(C)C)c1cnc2c(Nc3cccc(OC(C)C)c3)nccn12. The van der Waals surface area contributed by atoms with E-state index in [1.165, 1.54) is 0 Å². The van der Waals surface area contributed by atoms with E-state index in [1.54, 1.807) is 23.6 Å². The van der Waals surface area contributed by atoms with Crippen LogP contribution in [0.3, 0.4) is 0 Å². The predicted molar refractivity (Wildman–Crippen MR) is 110 cm³/mol. The minimum Gasteiger partial charge on any atom is -0.491 e. The van der Waals surface area contributed by atoms with Gasteiger partial charge in [0.25, 0.3) is 0 Å². The van der Waals surface area contributed by atoms with Crippen molar-refractivity contribution in [2.75, 3.05) is 19.4 Å². The van der Waals surface area contributed by atoms with E-state index in [-0.39, 0.29) is 6.10 Å². The van der Waals surface area contributed by atoms with Gasteiger partial charge in [-0.05, 0) is 26.0 Å². The lowest BCUT2D eigenvalue weighted by molar-refractivity contribution is 0.242. The largest absolute Gasteiger partial charge is 0.491 e. The molecule has 27 heavy (non-hydrogen) atoms. The van der Waals surface area contributed by atoms with Crippen molar-refractivity contribution < 1.29 is 4.74 Å². The van der Waals surface area contributed by atoms with Crippen LogP contribution < -0.4 is 10.1 Å². The van der Waals surface area contributed by atoms with Gasteiger partial charge in [0, 0.05) is 43.8 Å². The highest BCUT2D eigenvalue weighted by Crippen LogP contribution is 2.24. The van der Waals surface area contributed by atoms with Crippen molar-refractivity contribution in [3.05, 3.63) is 55.1 Å². The highest BCUT2D eigenvalue weighted by atomic mass is 16.5. The number of ether oxygens (including phenoxy) is 1. The normalized spacial score (nSPS) is 11.3. The van der Waals surface area contributed by atoms with E-state index in [0.29, 0.717) is 11.5 Å². The van der Waals surface area contributed by atoms with Crippen molar-refractivity contribution in [1.82, 2.24) is 19.4 Å². The molecule has 0 saturated heterocycles. The zero-order chi connectivity index (χ0) is 19.4. The molecule has 0 spiro atoms. The quantitative estimate of drug-likeness (QED) is 0.510. The van der Waals surface area contributed by atoms with E-state index in [1.807, 2.05) is 62.8 Å². The number of hydrogen-bond donors (Lipinski definition) is 1. The van der Waals surface area contributed by atoms with Crippen LogP contribution in [0.2, 0.25) is 0 Å². The molecular weight excluding hydrogens is 340 g/mol. The van der Waals surface area contributed by atoms with Crippen LogP contribution in [0.5, 0.6) is 5.75 Å². The second-order valence-corrected chi connectivity index (χ2v) is 6.55. The number of hydrazone groups is 1. The summed E-state index contributed by atoms with van der Waals surface area (Å²) in [4.78, 5) is 8.94. The lowest BCUT2D eigenvalue weighted by Crippen LogP contribution is -2.06. The van der Waals surface area contributed by atoms with Gasteiger partial charge in [-0.15, -0.1) is 0 Å². The zero-order valence-electron chi connectivity index (χ0n) is 16.0. The molecule has 0 aliphatic carbocycles. The molecule has 2 aromatic heterocycles. The molecule has 0 aliphatic rings. The number of fused-ring (bicyclic) bond motifs is 1. The van der Waals surface area contributed by atoms with Gasteiger partial charge in [-0.2, -0.15) is 5.10 Å². The lowest BCUT2D eigenvalue weighted by Gasteiger charge is -2.12. The number of anilines is 2. The second-order valence-electron chi connectivity index (χ2n) is 6.55. The van der Waals surface area contributed by atoms with Crippen LogP contribution >= 0.6 is 0 Å². The van der Waals surface area contributed by atoms with Gasteiger partial charge < -0.3 is 15.1 Å². The van der Waals surface area contributed by atoms with E-state index in [4.69, 9.17) is 4.74 Å². The van der Waals surface area contributed by atoms with Crippen molar-refractivity contribution in [3.63, 3.8) is 0 Å². The first-order valence-corrected chi connectivity index (χ1v) is 8.70. The number of rotatable bonds is 7. The molecule has 0 fully saturated rings. The number of nitrogens with one attached hydrogen (secondary N) is 1. The standard InChI is InChI=1S/C20H24N6O/c1-14(2)27-17-8-6-7-16(11-17)24-19-20-22-13-18(26(20)10-9-21-19)15(3)12-23-25(4)5/h6-14H,3H2,1-2,4-5H3,(H,21,24)/b23-12-. The predicted octanol–water partition coefficient (Wildman–Crippen LogP) is 3.82. The van der Waals surface area contributed by atoms with Crippen molar-refractivity contribution in [3.8, 4) is 5.75 Å². The molecule has 0 unspecified atom stereocenters. The number of aromatic nitrogens is 3. The summed E-state index contributed by atoms with van der Waals surface area (Å²) in [6, 6.07) is 7.78. The summed E-state index contributed by atoms with van der Waals surface area (Å²) >= 11 is 0. The summed E-state index contributed by atoms with van der Waals surface area (Å²) in [6.45, 7) is 8.08. The van der Waals surface area contributed by atoms with Crippen molar-refractivity contribution in [2.24, 2.45) is 5.10 Å². The van der Waals surface area contributed by atoms with Crippen LogP contribution in [0.25, 0.3) is 11.2 Å². The average Bonchev–Trinajstić information content (AvgIpc) is 3.04. The van der Waals surface area contributed by atoms with Crippen molar-refractivity contribution in [1.29, 1.82) is 0 Å². The Morgan fingerprint density at radius 2 is 2.15 bits per heavy atom. The van der Waals surface area contributed by atoms with Gasteiger partial charge in [-0.3, -0.25) is 4.40 Å². The molecule has 1 aromatic carbocycles. The topological polar surface area (TPSA) is 67.0 Å². The highest BCUT2D eigenvalue weighted by Gasteiger charge is 2.11. The molecule has 1 N–H and O–H groups in total. The van der Waals surface area contributed by atoms with Crippen LogP contribution in [0.4, 0.5) is 11.5 Å². The van der Waals surface area contributed by atoms with Gasteiger partial charge in [-0.25, -0.2) is 9.97 Å². The third-order valence-electron chi connectivity index (χ3n) is 3.67. The Labute approximate surface area is 159 Å². The number of allylic oxidation sites excluding steroid dienone is 1. The average molecular weight is 364 g/mol. The Kier molecular flexibility index (Phi) is 5.40. The molecular formula is C20H24N6O. The third kappa shape index (κ3) is 4.44. The molecule has 140 valence electrons. The molecule has 0 bridgehead atoms. The van der Waals surface area contributed by atoms with Crippen molar-refractivity contribution in [2.45, 2.75) is 20.0 Å². The van der Waals surface area contributed by atoms with Gasteiger partial charge in [0.15, 0.2) is 11.5 Å². The first-order valence-electron chi connectivity index (χ1n) is 8.70.